The van der Waals surface area contributed by atoms with Crippen molar-refractivity contribution >= 4 is 16.1 Å². The summed E-state index contributed by atoms with van der Waals surface area (Å²) < 4.78 is 28.1. The molecule has 0 saturated carbocycles. The van der Waals surface area contributed by atoms with E-state index >= 15 is 0 Å². The molecule has 2 heterocycles. The lowest BCUT2D eigenvalue weighted by atomic mass is 10.1. The Morgan fingerprint density at radius 1 is 1.10 bits per heavy atom. The van der Waals surface area contributed by atoms with Crippen molar-refractivity contribution in [1.82, 2.24) is 19.0 Å². The third kappa shape index (κ3) is 5.15. The quantitative estimate of drug-likeness (QED) is 0.659. The third-order valence-electron chi connectivity index (χ3n) is 6.27. The lowest BCUT2D eigenvalue weighted by molar-refractivity contribution is 0.134. The number of carbonyl (C=O) groups is 1. The van der Waals surface area contributed by atoms with Crippen molar-refractivity contribution in [3.8, 4) is 0 Å². The molecule has 30 heavy (non-hydrogen) atoms. The minimum absolute atomic E-state index is 0.0368. The maximum Gasteiger partial charge on any atom is 0.319 e. The number of nitrogens with zero attached hydrogens (tertiary/aromatic N) is 4. The van der Waals surface area contributed by atoms with Crippen molar-refractivity contribution in [3.63, 3.8) is 0 Å². The highest BCUT2D eigenvalue weighted by Gasteiger charge is 2.38. The lowest BCUT2D eigenvalue weighted by Crippen LogP contribution is -2.50. The Bertz CT molecular complexity index is 821. The largest absolute Gasteiger partial charge is 0.331 e. The Kier molecular flexibility index (Phi) is 7.76. The molecular formula is C22H36N4O3S. The molecule has 1 aromatic carbocycles. The van der Waals surface area contributed by atoms with Crippen LogP contribution in [0.5, 0.6) is 0 Å². The number of hydrogen-bond donors (Lipinski definition) is 0. The molecule has 7 nitrogen and oxygen atoms in total. The van der Waals surface area contributed by atoms with Crippen molar-refractivity contribution in [2.45, 2.75) is 50.0 Å². The summed E-state index contributed by atoms with van der Waals surface area (Å²) in [6, 6.07) is 7.10. The SMILES string of the molecule is CCc1ccccc1S(=O)(=O)N1CCC(N(CCN2CCCCC2)C(=O)N(C)C)C1. The van der Waals surface area contributed by atoms with Gasteiger partial charge in [0.25, 0.3) is 0 Å². The second kappa shape index (κ2) is 10.1. The fourth-order valence-corrected chi connectivity index (χ4v) is 6.28. The molecule has 2 saturated heterocycles. The standard InChI is InChI=1S/C22H36N4O3S/c1-4-19-10-6-7-11-21(19)30(28,29)25-15-12-20(18-25)26(22(27)23(2)3)17-16-24-13-8-5-9-14-24/h6-7,10-11,20H,4-5,8-9,12-18H2,1-3H3. The number of carbonyl (C=O) groups excluding carboxylic acids is 1. The molecule has 8 heteroatoms. The number of sulfonamides is 1. The summed E-state index contributed by atoms with van der Waals surface area (Å²) in [6.07, 6.45) is 5.06. The highest BCUT2D eigenvalue weighted by Crippen LogP contribution is 2.26. The first-order chi connectivity index (χ1) is 14.3. The van der Waals surface area contributed by atoms with Gasteiger partial charge in [0.1, 0.15) is 0 Å². The van der Waals surface area contributed by atoms with Gasteiger partial charge in [-0.1, -0.05) is 31.5 Å². The first-order valence-corrected chi connectivity index (χ1v) is 12.6. The fourth-order valence-electron chi connectivity index (χ4n) is 4.49. The van der Waals surface area contributed by atoms with Crippen LogP contribution in [-0.4, -0.2) is 92.9 Å². The molecular weight excluding hydrogens is 400 g/mol. The van der Waals surface area contributed by atoms with Crippen LogP contribution in [0.2, 0.25) is 0 Å². The van der Waals surface area contributed by atoms with Gasteiger partial charge in [-0.05, 0) is 50.4 Å². The van der Waals surface area contributed by atoms with E-state index in [4.69, 9.17) is 0 Å². The van der Waals surface area contributed by atoms with Gasteiger partial charge in [-0.25, -0.2) is 13.2 Å². The number of likely N-dealkylation sites (tertiary alicyclic amines) is 1. The van der Waals surface area contributed by atoms with Crippen molar-refractivity contribution in [2.75, 3.05) is 53.4 Å². The van der Waals surface area contributed by atoms with Gasteiger partial charge in [-0.3, -0.25) is 0 Å². The molecule has 3 rings (SSSR count). The molecule has 0 N–H and O–H groups in total. The van der Waals surface area contributed by atoms with Crippen LogP contribution in [0.1, 0.15) is 38.2 Å². The van der Waals surface area contributed by atoms with Crippen molar-refractivity contribution < 1.29 is 13.2 Å². The number of benzene rings is 1. The van der Waals surface area contributed by atoms with Crippen LogP contribution in [0, 0.1) is 0 Å². The Morgan fingerprint density at radius 3 is 2.47 bits per heavy atom. The number of piperidine rings is 1. The van der Waals surface area contributed by atoms with E-state index in [2.05, 4.69) is 4.90 Å². The van der Waals surface area contributed by atoms with E-state index in [0.29, 0.717) is 37.4 Å². The maximum absolute atomic E-state index is 13.3. The van der Waals surface area contributed by atoms with E-state index in [1.165, 1.54) is 19.3 Å². The Hall–Kier alpha value is -1.64. The van der Waals surface area contributed by atoms with Crippen LogP contribution in [0.4, 0.5) is 4.79 Å². The van der Waals surface area contributed by atoms with Crippen molar-refractivity contribution in [2.24, 2.45) is 0 Å². The highest BCUT2D eigenvalue weighted by atomic mass is 32.2. The summed E-state index contributed by atoms with van der Waals surface area (Å²) >= 11 is 0. The molecule has 0 radical (unpaired) electrons. The molecule has 0 aromatic heterocycles. The van der Waals surface area contributed by atoms with Gasteiger partial charge in [0, 0.05) is 46.3 Å². The molecule has 0 spiro atoms. The number of hydrogen-bond acceptors (Lipinski definition) is 4. The highest BCUT2D eigenvalue weighted by molar-refractivity contribution is 7.89. The van der Waals surface area contributed by atoms with E-state index in [1.54, 1.807) is 35.4 Å². The van der Waals surface area contributed by atoms with Gasteiger partial charge in [0.05, 0.1) is 4.90 Å². The third-order valence-corrected chi connectivity index (χ3v) is 8.24. The molecule has 0 aliphatic carbocycles. The van der Waals surface area contributed by atoms with Crippen molar-refractivity contribution in [3.05, 3.63) is 29.8 Å². The fraction of sp³-hybridized carbons (Fsp3) is 0.682. The maximum atomic E-state index is 13.3. The lowest BCUT2D eigenvalue weighted by Gasteiger charge is -2.34. The summed E-state index contributed by atoms with van der Waals surface area (Å²) in [4.78, 5) is 19.2. The van der Waals surface area contributed by atoms with Gasteiger partial charge in [0.15, 0.2) is 0 Å². The van der Waals surface area contributed by atoms with Crippen molar-refractivity contribution in [1.29, 1.82) is 0 Å². The second-order valence-electron chi connectivity index (χ2n) is 8.54. The first kappa shape index (κ1) is 23.0. The van der Waals surface area contributed by atoms with E-state index in [0.717, 1.165) is 25.2 Å². The zero-order valence-corrected chi connectivity index (χ0v) is 19.4. The summed E-state index contributed by atoms with van der Waals surface area (Å²) in [6.45, 7) is 6.44. The van der Waals surface area contributed by atoms with Crippen LogP contribution in [0.25, 0.3) is 0 Å². The summed E-state index contributed by atoms with van der Waals surface area (Å²) in [5.41, 5.74) is 0.840. The zero-order chi connectivity index (χ0) is 21.7. The van der Waals surface area contributed by atoms with E-state index in [9.17, 15) is 13.2 Å². The number of aryl methyl sites for hydroxylation is 1. The molecule has 2 aliphatic heterocycles. The van der Waals surface area contributed by atoms with E-state index in [1.807, 2.05) is 24.0 Å². The monoisotopic (exact) mass is 436 g/mol. The number of rotatable bonds is 7. The average Bonchev–Trinajstić information content (AvgIpc) is 3.25. The van der Waals surface area contributed by atoms with Crippen LogP contribution >= 0.6 is 0 Å². The van der Waals surface area contributed by atoms with Gasteiger partial charge < -0.3 is 14.7 Å². The topological polar surface area (TPSA) is 64.2 Å². The van der Waals surface area contributed by atoms with Gasteiger partial charge in [-0.2, -0.15) is 4.31 Å². The Balaban J connectivity index is 1.72. The molecule has 2 aliphatic rings. The van der Waals surface area contributed by atoms with E-state index < -0.39 is 10.0 Å². The minimum atomic E-state index is -3.56. The smallest absolute Gasteiger partial charge is 0.319 e. The Morgan fingerprint density at radius 2 is 1.80 bits per heavy atom. The molecule has 2 fully saturated rings. The van der Waals surface area contributed by atoms with Crippen LogP contribution in [-0.2, 0) is 16.4 Å². The summed E-state index contributed by atoms with van der Waals surface area (Å²) in [5, 5.41) is 0. The molecule has 1 aromatic rings. The first-order valence-electron chi connectivity index (χ1n) is 11.1. The number of urea groups is 1. The van der Waals surface area contributed by atoms with Gasteiger partial charge in [0.2, 0.25) is 10.0 Å². The molecule has 1 atom stereocenters. The molecule has 2 amide bonds. The second-order valence-corrected chi connectivity index (χ2v) is 10.4. The molecule has 0 bridgehead atoms. The number of amides is 2. The summed E-state index contributed by atoms with van der Waals surface area (Å²) in [7, 11) is -0.0357. The molecule has 1 unspecified atom stereocenters. The van der Waals surface area contributed by atoms with Crippen LogP contribution in [0.3, 0.4) is 0 Å². The van der Waals surface area contributed by atoms with Gasteiger partial charge >= 0.3 is 6.03 Å². The normalized spacial score (nSPS) is 21.0. The van der Waals surface area contributed by atoms with E-state index in [-0.39, 0.29) is 12.1 Å². The zero-order valence-electron chi connectivity index (χ0n) is 18.6. The minimum Gasteiger partial charge on any atom is -0.331 e. The summed E-state index contributed by atoms with van der Waals surface area (Å²) in [5.74, 6) is 0. The Labute approximate surface area is 181 Å². The van der Waals surface area contributed by atoms with Gasteiger partial charge in [-0.15, -0.1) is 0 Å². The van der Waals surface area contributed by atoms with Crippen LogP contribution in [0.15, 0.2) is 29.2 Å². The van der Waals surface area contributed by atoms with Crippen LogP contribution < -0.4 is 0 Å². The molecule has 168 valence electrons. The predicted molar refractivity (Wildman–Crippen MR) is 119 cm³/mol. The predicted octanol–water partition coefficient (Wildman–Crippen LogP) is 2.48. The average molecular weight is 437 g/mol.